The van der Waals surface area contributed by atoms with Crippen molar-refractivity contribution in [3.05, 3.63) is 73.3 Å². The maximum absolute atomic E-state index is 4.85. The van der Waals surface area contributed by atoms with E-state index < -0.39 is 0 Å². The van der Waals surface area contributed by atoms with Crippen molar-refractivity contribution in [1.82, 2.24) is 19.7 Å². The van der Waals surface area contributed by atoms with Gasteiger partial charge in [-0.2, -0.15) is 5.10 Å². The molecule has 0 fully saturated rings. The number of aryl methyl sites for hydroxylation is 1. The lowest BCUT2D eigenvalue weighted by Gasteiger charge is -2.10. The Labute approximate surface area is 165 Å². The topological polar surface area (TPSA) is 43.6 Å². The highest BCUT2D eigenvalue weighted by atomic mass is 15.3. The molecule has 0 atom stereocenters. The van der Waals surface area contributed by atoms with Crippen molar-refractivity contribution in [2.24, 2.45) is 5.92 Å². The molecule has 140 valence electrons. The van der Waals surface area contributed by atoms with Gasteiger partial charge in [-0.3, -0.25) is 9.67 Å². The molecule has 1 aromatic carbocycles. The Morgan fingerprint density at radius 1 is 1.11 bits per heavy atom. The number of rotatable bonds is 6. The highest BCUT2D eigenvalue weighted by molar-refractivity contribution is 5.88. The molecule has 3 aromatic heterocycles. The predicted molar refractivity (Wildman–Crippen MR) is 116 cm³/mol. The molecule has 4 nitrogen and oxygen atoms in total. The third kappa shape index (κ3) is 3.72. The van der Waals surface area contributed by atoms with Crippen LogP contribution in [0.2, 0.25) is 0 Å². The first-order valence-electron chi connectivity index (χ1n) is 9.65. The second-order valence-corrected chi connectivity index (χ2v) is 7.42. The molecule has 0 saturated heterocycles. The fourth-order valence-corrected chi connectivity index (χ4v) is 3.27. The summed E-state index contributed by atoms with van der Waals surface area (Å²) >= 11 is 0. The van der Waals surface area contributed by atoms with Gasteiger partial charge >= 0.3 is 0 Å². The maximum Gasteiger partial charge on any atom is 0.0789 e. The number of hydrogen-bond acceptors (Lipinski definition) is 3. The fraction of sp³-hybridized carbons (Fsp3) is 0.208. The molecular formula is C24H24N4. The van der Waals surface area contributed by atoms with Gasteiger partial charge < -0.3 is 0 Å². The number of aromatic nitrogens is 4. The quantitative estimate of drug-likeness (QED) is 0.429. The molecule has 3 heterocycles. The van der Waals surface area contributed by atoms with E-state index in [1.165, 1.54) is 0 Å². The van der Waals surface area contributed by atoms with E-state index in [1.54, 1.807) is 6.08 Å². The lowest BCUT2D eigenvalue weighted by atomic mass is 10.00. The van der Waals surface area contributed by atoms with E-state index in [4.69, 9.17) is 4.98 Å². The van der Waals surface area contributed by atoms with Gasteiger partial charge in [-0.05, 0) is 42.7 Å². The SMILES string of the molecule is C=Cc1ccc(-c2cnn(CCC(C)C)c2)c(-c2ccc3cccnc3c2)n1. The van der Waals surface area contributed by atoms with Crippen LogP contribution in [0.4, 0.5) is 0 Å². The van der Waals surface area contributed by atoms with Gasteiger partial charge in [0.05, 0.1) is 23.1 Å². The first kappa shape index (κ1) is 18.1. The van der Waals surface area contributed by atoms with Gasteiger partial charge in [-0.1, -0.05) is 38.6 Å². The van der Waals surface area contributed by atoms with Crippen LogP contribution in [0.25, 0.3) is 39.4 Å². The van der Waals surface area contributed by atoms with Crippen molar-refractivity contribution in [2.75, 3.05) is 0 Å². The molecule has 0 saturated carbocycles. The van der Waals surface area contributed by atoms with Gasteiger partial charge in [-0.15, -0.1) is 0 Å². The van der Waals surface area contributed by atoms with Gasteiger partial charge in [0.15, 0.2) is 0 Å². The monoisotopic (exact) mass is 368 g/mol. The van der Waals surface area contributed by atoms with E-state index in [2.05, 4.69) is 67.0 Å². The van der Waals surface area contributed by atoms with Crippen LogP contribution < -0.4 is 0 Å². The second kappa shape index (κ2) is 7.77. The molecule has 0 aliphatic heterocycles. The first-order valence-corrected chi connectivity index (χ1v) is 9.65. The maximum atomic E-state index is 4.85. The minimum absolute atomic E-state index is 0.654. The summed E-state index contributed by atoms with van der Waals surface area (Å²) in [5.41, 5.74) is 5.92. The summed E-state index contributed by atoms with van der Waals surface area (Å²) in [5, 5.41) is 5.67. The molecule has 0 radical (unpaired) electrons. The summed E-state index contributed by atoms with van der Waals surface area (Å²) in [6, 6.07) is 14.4. The average molecular weight is 368 g/mol. The highest BCUT2D eigenvalue weighted by Gasteiger charge is 2.13. The summed E-state index contributed by atoms with van der Waals surface area (Å²) in [4.78, 5) is 9.34. The molecule has 0 unspecified atom stereocenters. The van der Waals surface area contributed by atoms with Crippen LogP contribution in [0, 0.1) is 5.92 Å². The first-order chi connectivity index (χ1) is 13.6. The Bertz CT molecular complexity index is 1120. The third-order valence-electron chi connectivity index (χ3n) is 4.89. The summed E-state index contributed by atoms with van der Waals surface area (Å²) in [5.74, 6) is 0.654. The van der Waals surface area contributed by atoms with E-state index in [1.807, 2.05) is 29.2 Å². The molecule has 28 heavy (non-hydrogen) atoms. The number of fused-ring (bicyclic) bond motifs is 1. The molecule has 0 aliphatic carbocycles. The van der Waals surface area contributed by atoms with Crippen LogP contribution >= 0.6 is 0 Å². The average Bonchev–Trinajstić information content (AvgIpc) is 3.20. The smallest absolute Gasteiger partial charge is 0.0789 e. The van der Waals surface area contributed by atoms with Gasteiger partial charge in [-0.25, -0.2) is 4.98 Å². The molecule has 4 rings (SSSR count). The zero-order valence-electron chi connectivity index (χ0n) is 16.3. The Hall–Kier alpha value is -3.27. The standard InChI is InChI=1S/C24H24N4/c1-4-21-9-10-22(20-15-26-28(16-20)13-11-17(2)3)24(27-21)19-8-7-18-6-5-12-25-23(18)14-19/h4-10,12,14-17H,1,11,13H2,2-3H3. The number of pyridine rings is 2. The zero-order valence-corrected chi connectivity index (χ0v) is 16.3. The second-order valence-electron chi connectivity index (χ2n) is 7.42. The summed E-state index contributed by atoms with van der Waals surface area (Å²) in [7, 11) is 0. The highest BCUT2D eigenvalue weighted by Crippen LogP contribution is 2.32. The minimum Gasteiger partial charge on any atom is -0.272 e. The van der Waals surface area contributed by atoms with Crippen LogP contribution in [0.5, 0.6) is 0 Å². The molecule has 4 aromatic rings. The lowest BCUT2D eigenvalue weighted by molar-refractivity contribution is 0.487. The van der Waals surface area contributed by atoms with Crippen molar-refractivity contribution >= 4 is 17.0 Å². The number of nitrogens with zero attached hydrogens (tertiary/aromatic N) is 4. The molecule has 0 bridgehead atoms. The Kier molecular flexibility index (Phi) is 5.02. The number of hydrogen-bond donors (Lipinski definition) is 0. The molecule has 0 aliphatic rings. The lowest BCUT2D eigenvalue weighted by Crippen LogP contribution is -2.01. The van der Waals surface area contributed by atoms with Gasteiger partial charge in [0.2, 0.25) is 0 Å². The van der Waals surface area contributed by atoms with Crippen molar-refractivity contribution < 1.29 is 0 Å². The van der Waals surface area contributed by atoms with Gasteiger partial charge in [0.25, 0.3) is 0 Å². The molecule has 4 heteroatoms. The Morgan fingerprint density at radius 3 is 2.82 bits per heavy atom. The van der Waals surface area contributed by atoms with E-state index >= 15 is 0 Å². The van der Waals surface area contributed by atoms with Crippen molar-refractivity contribution in [1.29, 1.82) is 0 Å². The summed E-state index contributed by atoms with van der Waals surface area (Å²) < 4.78 is 2.02. The van der Waals surface area contributed by atoms with E-state index in [0.717, 1.165) is 51.9 Å². The third-order valence-corrected chi connectivity index (χ3v) is 4.89. The summed E-state index contributed by atoms with van der Waals surface area (Å²) in [6.45, 7) is 9.25. The van der Waals surface area contributed by atoms with Gasteiger partial charge in [0.1, 0.15) is 0 Å². The van der Waals surface area contributed by atoms with Crippen LogP contribution in [-0.2, 0) is 6.54 Å². The fourth-order valence-electron chi connectivity index (χ4n) is 3.27. The van der Waals surface area contributed by atoms with Gasteiger partial charge in [0, 0.05) is 41.0 Å². The van der Waals surface area contributed by atoms with Crippen molar-refractivity contribution in [2.45, 2.75) is 26.8 Å². The van der Waals surface area contributed by atoms with Crippen LogP contribution in [-0.4, -0.2) is 19.7 Å². The predicted octanol–water partition coefficient (Wildman–Crippen LogP) is 5.85. The van der Waals surface area contributed by atoms with Crippen LogP contribution in [0.15, 0.2) is 67.6 Å². The zero-order chi connectivity index (χ0) is 19.5. The minimum atomic E-state index is 0.654. The van der Waals surface area contributed by atoms with Crippen LogP contribution in [0.3, 0.4) is 0 Å². The van der Waals surface area contributed by atoms with E-state index in [9.17, 15) is 0 Å². The normalized spacial score (nSPS) is 11.2. The Balaban J connectivity index is 1.79. The van der Waals surface area contributed by atoms with Crippen molar-refractivity contribution in [3.8, 4) is 22.4 Å². The molecule has 0 amide bonds. The molecule has 0 spiro atoms. The van der Waals surface area contributed by atoms with Crippen molar-refractivity contribution in [3.63, 3.8) is 0 Å². The summed E-state index contributed by atoms with van der Waals surface area (Å²) in [6.07, 6.45) is 8.74. The van der Waals surface area contributed by atoms with E-state index in [-0.39, 0.29) is 0 Å². The molecular weight excluding hydrogens is 344 g/mol. The van der Waals surface area contributed by atoms with Crippen LogP contribution in [0.1, 0.15) is 26.0 Å². The molecule has 0 N–H and O–H groups in total. The largest absolute Gasteiger partial charge is 0.272 e. The Morgan fingerprint density at radius 2 is 2.00 bits per heavy atom. The number of benzene rings is 1. The van der Waals surface area contributed by atoms with E-state index in [0.29, 0.717) is 5.92 Å².